The Morgan fingerprint density at radius 3 is 2.57 bits per heavy atom. The Morgan fingerprint density at radius 2 is 2.05 bits per heavy atom. The van der Waals surface area contributed by atoms with Crippen LogP contribution in [0.3, 0.4) is 0 Å². The fourth-order valence-electron chi connectivity index (χ4n) is 2.02. The molecule has 0 radical (unpaired) electrons. The quantitative estimate of drug-likeness (QED) is 0.803. The van der Waals surface area contributed by atoms with Crippen LogP contribution in [-0.2, 0) is 0 Å². The molecule has 0 aliphatic heterocycles. The van der Waals surface area contributed by atoms with Crippen molar-refractivity contribution in [3.8, 4) is 11.5 Å². The van der Waals surface area contributed by atoms with Crippen molar-refractivity contribution in [1.29, 1.82) is 0 Å². The van der Waals surface area contributed by atoms with Gasteiger partial charge in [0.25, 0.3) is 0 Å². The van der Waals surface area contributed by atoms with Crippen molar-refractivity contribution in [2.45, 2.75) is 32.4 Å². The number of rotatable bonds is 6. The molecule has 0 saturated carbocycles. The largest absolute Gasteiger partial charge is 0.497 e. The normalized spacial score (nSPS) is 13.8. The highest BCUT2D eigenvalue weighted by molar-refractivity contribution is 9.10. The second kappa shape index (κ2) is 7.29. The molecule has 1 heterocycles. The van der Waals surface area contributed by atoms with Crippen molar-refractivity contribution in [2.75, 3.05) is 7.11 Å². The fourth-order valence-corrected chi connectivity index (χ4v) is 3.45. The third-order valence-electron chi connectivity index (χ3n) is 3.29. The average molecular weight is 370 g/mol. The van der Waals surface area contributed by atoms with Crippen LogP contribution >= 0.6 is 27.3 Å². The van der Waals surface area contributed by atoms with Gasteiger partial charge < -0.3 is 15.2 Å². The molecule has 3 nitrogen and oxygen atoms in total. The second-order valence-corrected chi connectivity index (χ2v) is 7.03. The number of thiophene rings is 1. The molecule has 0 fully saturated rings. The number of aryl methyl sites for hydroxylation is 1. The van der Waals surface area contributed by atoms with Crippen LogP contribution in [0.1, 0.15) is 29.2 Å². The van der Waals surface area contributed by atoms with Crippen LogP contribution < -0.4 is 15.2 Å². The Hall–Kier alpha value is -1.04. The Bertz CT molecular complexity index is 600. The summed E-state index contributed by atoms with van der Waals surface area (Å²) in [7, 11) is 1.65. The van der Waals surface area contributed by atoms with E-state index in [-0.39, 0.29) is 12.1 Å². The maximum absolute atomic E-state index is 6.25. The third kappa shape index (κ3) is 3.99. The van der Waals surface area contributed by atoms with E-state index in [1.165, 1.54) is 4.88 Å². The number of ether oxygens (including phenoxy) is 2. The number of benzene rings is 1. The Morgan fingerprint density at radius 1 is 1.29 bits per heavy atom. The van der Waals surface area contributed by atoms with Crippen molar-refractivity contribution in [3.05, 3.63) is 44.6 Å². The first-order valence-electron chi connectivity index (χ1n) is 6.87. The van der Waals surface area contributed by atoms with Gasteiger partial charge in [-0.3, -0.25) is 0 Å². The van der Waals surface area contributed by atoms with Crippen LogP contribution in [0, 0.1) is 6.92 Å². The van der Waals surface area contributed by atoms with Crippen LogP contribution in [-0.4, -0.2) is 13.2 Å². The predicted octanol–water partition coefficient (Wildman–Crippen LogP) is 4.69. The van der Waals surface area contributed by atoms with Crippen molar-refractivity contribution >= 4 is 27.3 Å². The molecule has 2 rings (SSSR count). The summed E-state index contributed by atoms with van der Waals surface area (Å²) >= 11 is 5.25. The molecule has 2 aromatic rings. The lowest BCUT2D eigenvalue weighted by atomic mass is 10.1. The van der Waals surface area contributed by atoms with Gasteiger partial charge in [-0.15, -0.1) is 11.3 Å². The van der Waals surface area contributed by atoms with Crippen LogP contribution in [0.5, 0.6) is 11.5 Å². The molecule has 2 unspecified atom stereocenters. The van der Waals surface area contributed by atoms with E-state index in [4.69, 9.17) is 15.2 Å². The summed E-state index contributed by atoms with van der Waals surface area (Å²) in [6.07, 6.45) is 0.716. The molecule has 2 N–H and O–H groups in total. The van der Waals surface area contributed by atoms with E-state index < -0.39 is 0 Å². The van der Waals surface area contributed by atoms with E-state index in [0.29, 0.717) is 0 Å². The van der Waals surface area contributed by atoms with Gasteiger partial charge in [-0.05, 0) is 59.6 Å². The molecular weight excluding hydrogens is 350 g/mol. The molecule has 0 aliphatic rings. The molecule has 114 valence electrons. The molecular formula is C16H20BrNO2S. The number of hydrogen-bond acceptors (Lipinski definition) is 4. The second-order valence-electron chi connectivity index (χ2n) is 4.86. The lowest BCUT2D eigenvalue weighted by Gasteiger charge is -2.24. The van der Waals surface area contributed by atoms with Gasteiger partial charge in [0.2, 0.25) is 0 Å². The molecule has 0 spiro atoms. The highest BCUT2D eigenvalue weighted by atomic mass is 79.9. The topological polar surface area (TPSA) is 44.5 Å². The molecule has 0 aliphatic carbocycles. The summed E-state index contributed by atoms with van der Waals surface area (Å²) in [4.78, 5) is 2.42. The van der Waals surface area contributed by atoms with Gasteiger partial charge >= 0.3 is 0 Å². The van der Waals surface area contributed by atoms with Crippen molar-refractivity contribution in [2.24, 2.45) is 5.73 Å². The molecule has 1 aromatic heterocycles. The van der Waals surface area contributed by atoms with Gasteiger partial charge in [0.1, 0.15) is 17.6 Å². The standard InChI is InChI=1S/C16H20BrNO2S/c1-4-13(18)16(15-8-5-10(2)21-15)20-14-7-6-11(19-3)9-12(14)17/h5-9,13,16H,4,18H2,1-3H3. The van der Waals surface area contributed by atoms with Gasteiger partial charge in [0, 0.05) is 15.8 Å². The molecule has 21 heavy (non-hydrogen) atoms. The van der Waals surface area contributed by atoms with Crippen LogP contribution in [0.15, 0.2) is 34.8 Å². The van der Waals surface area contributed by atoms with Crippen LogP contribution in [0.25, 0.3) is 0 Å². The lowest BCUT2D eigenvalue weighted by Crippen LogP contribution is -2.31. The molecule has 0 saturated heterocycles. The Kier molecular flexibility index (Phi) is 5.67. The molecule has 0 amide bonds. The predicted molar refractivity (Wildman–Crippen MR) is 91.4 cm³/mol. The maximum Gasteiger partial charge on any atom is 0.148 e. The number of hydrogen-bond donors (Lipinski definition) is 1. The minimum atomic E-state index is -0.140. The average Bonchev–Trinajstić information content (AvgIpc) is 2.91. The smallest absolute Gasteiger partial charge is 0.148 e. The Balaban J connectivity index is 2.27. The van der Waals surface area contributed by atoms with E-state index in [2.05, 4.69) is 41.9 Å². The monoisotopic (exact) mass is 369 g/mol. The summed E-state index contributed by atoms with van der Waals surface area (Å²) in [5.41, 5.74) is 6.25. The van der Waals surface area contributed by atoms with Gasteiger partial charge in [-0.2, -0.15) is 0 Å². The van der Waals surface area contributed by atoms with Gasteiger partial charge in [-0.1, -0.05) is 6.92 Å². The highest BCUT2D eigenvalue weighted by Gasteiger charge is 2.23. The molecule has 0 bridgehead atoms. The minimum absolute atomic E-state index is 0.0444. The summed E-state index contributed by atoms with van der Waals surface area (Å²) in [6, 6.07) is 9.83. The van der Waals surface area contributed by atoms with Crippen molar-refractivity contribution in [1.82, 2.24) is 0 Å². The summed E-state index contributed by atoms with van der Waals surface area (Å²) < 4.78 is 12.2. The Labute approximate surface area is 138 Å². The third-order valence-corrected chi connectivity index (χ3v) is 4.98. The minimum Gasteiger partial charge on any atom is -0.497 e. The first-order chi connectivity index (χ1) is 10.0. The molecule has 5 heteroatoms. The van der Waals surface area contributed by atoms with Crippen molar-refractivity contribution < 1.29 is 9.47 Å². The fraction of sp³-hybridized carbons (Fsp3) is 0.375. The van der Waals surface area contributed by atoms with E-state index in [1.54, 1.807) is 18.4 Å². The van der Waals surface area contributed by atoms with Gasteiger partial charge in [0.15, 0.2) is 0 Å². The van der Waals surface area contributed by atoms with E-state index in [1.807, 2.05) is 18.2 Å². The first kappa shape index (κ1) is 16.3. The zero-order chi connectivity index (χ0) is 15.4. The highest BCUT2D eigenvalue weighted by Crippen LogP contribution is 2.35. The van der Waals surface area contributed by atoms with Gasteiger partial charge in [0.05, 0.1) is 11.6 Å². The van der Waals surface area contributed by atoms with Crippen LogP contribution in [0.2, 0.25) is 0 Å². The van der Waals surface area contributed by atoms with Crippen LogP contribution in [0.4, 0.5) is 0 Å². The zero-order valence-corrected chi connectivity index (χ0v) is 14.8. The number of nitrogens with two attached hydrogens (primary N) is 1. The molecule has 2 atom stereocenters. The lowest BCUT2D eigenvalue weighted by molar-refractivity contribution is 0.173. The van der Waals surface area contributed by atoms with Gasteiger partial charge in [-0.25, -0.2) is 0 Å². The van der Waals surface area contributed by atoms with E-state index in [0.717, 1.165) is 27.3 Å². The first-order valence-corrected chi connectivity index (χ1v) is 8.48. The maximum atomic E-state index is 6.25. The van der Waals surface area contributed by atoms with E-state index in [9.17, 15) is 0 Å². The number of methoxy groups -OCH3 is 1. The summed E-state index contributed by atoms with van der Waals surface area (Å²) in [5.74, 6) is 1.56. The molecule has 1 aromatic carbocycles. The SMILES string of the molecule is CCC(N)C(Oc1ccc(OC)cc1Br)c1ccc(C)s1. The zero-order valence-electron chi connectivity index (χ0n) is 12.4. The summed E-state index contributed by atoms with van der Waals surface area (Å²) in [6.45, 7) is 4.16. The summed E-state index contributed by atoms with van der Waals surface area (Å²) in [5, 5.41) is 0. The van der Waals surface area contributed by atoms with Crippen molar-refractivity contribution in [3.63, 3.8) is 0 Å². The number of halogens is 1. The van der Waals surface area contributed by atoms with E-state index >= 15 is 0 Å².